The molecule has 0 bridgehead atoms. The molecule has 24 heavy (non-hydrogen) atoms. The Morgan fingerprint density at radius 2 is 1.79 bits per heavy atom. The molecular formula is C18H18FN3O2. The Morgan fingerprint density at radius 1 is 1.04 bits per heavy atom. The number of aliphatic hydroxyl groups is 1. The van der Waals surface area contributed by atoms with Gasteiger partial charge in [0.25, 0.3) is 0 Å². The first-order chi connectivity index (χ1) is 11.6. The van der Waals surface area contributed by atoms with E-state index in [1.807, 2.05) is 12.1 Å². The third kappa shape index (κ3) is 2.59. The molecule has 0 saturated carbocycles. The number of phenolic OH excluding ortho intramolecular Hbond substituents is 1. The quantitative estimate of drug-likeness (QED) is 0.760. The summed E-state index contributed by atoms with van der Waals surface area (Å²) in [5.74, 6) is -1.04. The van der Waals surface area contributed by atoms with Crippen molar-refractivity contribution in [1.82, 2.24) is 9.78 Å². The zero-order valence-electron chi connectivity index (χ0n) is 13.1. The number of hydrogen-bond acceptors (Lipinski definition) is 4. The first-order valence-electron chi connectivity index (χ1n) is 8.01. The fraction of sp³-hybridized carbons (Fsp3) is 0.278. The monoisotopic (exact) mass is 327 g/mol. The molecule has 1 aliphatic rings. The molecule has 1 aliphatic heterocycles. The van der Waals surface area contributed by atoms with Gasteiger partial charge in [-0.1, -0.05) is 0 Å². The molecule has 0 atom stereocenters. The Labute approximate surface area is 138 Å². The van der Waals surface area contributed by atoms with Crippen molar-refractivity contribution in [2.75, 3.05) is 18.0 Å². The summed E-state index contributed by atoms with van der Waals surface area (Å²) in [4.78, 5) is 2.26. The van der Waals surface area contributed by atoms with Gasteiger partial charge in [0.15, 0.2) is 11.6 Å². The maximum atomic E-state index is 13.2. The van der Waals surface area contributed by atoms with E-state index in [-0.39, 0.29) is 11.9 Å². The minimum absolute atomic E-state index is 0.195. The predicted octanol–water partition coefficient (Wildman–Crippen LogP) is 2.83. The van der Waals surface area contributed by atoms with Gasteiger partial charge in [0, 0.05) is 30.2 Å². The molecule has 1 fully saturated rings. The van der Waals surface area contributed by atoms with Crippen molar-refractivity contribution in [3.05, 3.63) is 48.4 Å². The van der Waals surface area contributed by atoms with E-state index >= 15 is 0 Å². The van der Waals surface area contributed by atoms with Crippen LogP contribution < -0.4 is 4.90 Å². The second-order valence-electron chi connectivity index (χ2n) is 6.15. The summed E-state index contributed by atoms with van der Waals surface area (Å²) in [5.41, 5.74) is 2.61. The Morgan fingerprint density at radius 3 is 2.54 bits per heavy atom. The van der Waals surface area contributed by atoms with Crippen LogP contribution in [0.4, 0.5) is 10.1 Å². The van der Waals surface area contributed by atoms with Crippen LogP contribution in [0.5, 0.6) is 5.75 Å². The summed E-state index contributed by atoms with van der Waals surface area (Å²) in [6, 6.07) is 10.2. The number of aromatic hydroxyl groups is 1. The van der Waals surface area contributed by atoms with Gasteiger partial charge in [0.2, 0.25) is 0 Å². The van der Waals surface area contributed by atoms with Crippen LogP contribution >= 0.6 is 0 Å². The van der Waals surface area contributed by atoms with E-state index in [0.29, 0.717) is 5.69 Å². The normalized spacial score (nSPS) is 16.0. The van der Waals surface area contributed by atoms with E-state index in [4.69, 9.17) is 0 Å². The number of hydrogen-bond donors (Lipinski definition) is 2. The highest BCUT2D eigenvalue weighted by atomic mass is 19.1. The molecule has 4 rings (SSSR count). The molecule has 5 nitrogen and oxygen atoms in total. The first kappa shape index (κ1) is 15.0. The minimum Gasteiger partial charge on any atom is -0.505 e. The molecule has 1 saturated heterocycles. The average Bonchev–Trinajstić information content (AvgIpc) is 3.01. The van der Waals surface area contributed by atoms with Crippen LogP contribution in [-0.2, 0) is 0 Å². The SMILES string of the molecule is Oc1cc(-n2ncc3cc(N4CCC(O)CC4)ccc32)ccc1F. The minimum atomic E-state index is -0.648. The molecule has 0 spiro atoms. The molecule has 2 aromatic carbocycles. The zero-order chi connectivity index (χ0) is 16.7. The zero-order valence-corrected chi connectivity index (χ0v) is 13.1. The third-order valence-electron chi connectivity index (χ3n) is 4.56. The second kappa shape index (κ2) is 5.79. The molecule has 124 valence electrons. The number of rotatable bonds is 2. The van der Waals surface area contributed by atoms with Gasteiger partial charge in [0.1, 0.15) is 0 Å². The molecule has 2 heterocycles. The lowest BCUT2D eigenvalue weighted by Crippen LogP contribution is -2.35. The number of halogens is 1. The largest absolute Gasteiger partial charge is 0.505 e. The summed E-state index contributed by atoms with van der Waals surface area (Å²) < 4.78 is 14.9. The Bertz CT molecular complexity index is 885. The Hall–Kier alpha value is -2.60. The molecule has 3 aromatic rings. The number of benzene rings is 2. The number of phenols is 1. The van der Waals surface area contributed by atoms with Gasteiger partial charge < -0.3 is 15.1 Å². The van der Waals surface area contributed by atoms with E-state index in [1.54, 1.807) is 16.9 Å². The molecule has 1 aromatic heterocycles. The summed E-state index contributed by atoms with van der Waals surface area (Å²) in [5, 5.41) is 24.5. The first-order valence-corrected chi connectivity index (χ1v) is 8.01. The van der Waals surface area contributed by atoms with Gasteiger partial charge in [-0.2, -0.15) is 5.10 Å². The summed E-state index contributed by atoms with van der Waals surface area (Å²) in [7, 11) is 0. The highest BCUT2D eigenvalue weighted by Gasteiger charge is 2.18. The Balaban J connectivity index is 1.69. The number of anilines is 1. The van der Waals surface area contributed by atoms with Crippen LogP contribution in [0.25, 0.3) is 16.6 Å². The van der Waals surface area contributed by atoms with Crippen LogP contribution in [0.2, 0.25) is 0 Å². The van der Waals surface area contributed by atoms with Crippen LogP contribution in [0.1, 0.15) is 12.8 Å². The van der Waals surface area contributed by atoms with Gasteiger partial charge in [-0.05, 0) is 43.2 Å². The molecule has 0 aliphatic carbocycles. The molecule has 0 amide bonds. The maximum absolute atomic E-state index is 13.2. The lowest BCUT2D eigenvalue weighted by Gasteiger charge is -2.31. The summed E-state index contributed by atoms with van der Waals surface area (Å²) in [6.07, 6.45) is 3.13. The predicted molar refractivity (Wildman–Crippen MR) is 90.1 cm³/mol. The smallest absolute Gasteiger partial charge is 0.164 e. The average molecular weight is 327 g/mol. The maximum Gasteiger partial charge on any atom is 0.164 e. The molecular weight excluding hydrogens is 309 g/mol. The van der Waals surface area contributed by atoms with Gasteiger partial charge >= 0.3 is 0 Å². The molecule has 0 unspecified atom stereocenters. The van der Waals surface area contributed by atoms with Crippen LogP contribution in [0, 0.1) is 5.82 Å². The third-order valence-corrected chi connectivity index (χ3v) is 4.56. The number of nitrogens with zero attached hydrogens (tertiary/aromatic N) is 3. The number of aromatic nitrogens is 2. The standard InChI is InChI=1S/C18H18FN3O2/c19-16-3-1-14(10-18(16)24)22-17-4-2-13(9-12(17)11-20-22)21-7-5-15(23)6-8-21/h1-4,9-11,15,23-24H,5-8H2. The fourth-order valence-corrected chi connectivity index (χ4v) is 3.18. The van der Waals surface area contributed by atoms with Crippen LogP contribution in [0.15, 0.2) is 42.6 Å². The molecule has 0 radical (unpaired) electrons. The van der Waals surface area contributed by atoms with E-state index in [0.717, 1.165) is 42.5 Å². The van der Waals surface area contributed by atoms with Crippen molar-refractivity contribution in [3.8, 4) is 11.4 Å². The van der Waals surface area contributed by atoms with Gasteiger partial charge in [-0.25, -0.2) is 9.07 Å². The Kier molecular flexibility index (Phi) is 3.61. The lowest BCUT2D eigenvalue weighted by molar-refractivity contribution is 0.145. The highest BCUT2D eigenvalue weighted by Crippen LogP contribution is 2.27. The highest BCUT2D eigenvalue weighted by molar-refractivity contribution is 5.84. The number of piperidine rings is 1. The lowest BCUT2D eigenvalue weighted by atomic mass is 10.1. The van der Waals surface area contributed by atoms with Crippen molar-refractivity contribution >= 4 is 16.6 Å². The van der Waals surface area contributed by atoms with E-state index < -0.39 is 5.82 Å². The van der Waals surface area contributed by atoms with Crippen molar-refractivity contribution in [3.63, 3.8) is 0 Å². The number of aliphatic hydroxyl groups excluding tert-OH is 1. The van der Waals surface area contributed by atoms with Crippen molar-refractivity contribution in [2.24, 2.45) is 0 Å². The summed E-state index contributed by atoms with van der Waals surface area (Å²) in [6.45, 7) is 1.68. The van der Waals surface area contributed by atoms with Crippen molar-refractivity contribution in [1.29, 1.82) is 0 Å². The number of fused-ring (bicyclic) bond motifs is 1. The summed E-state index contributed by atoms with van der Waals surface area (Å²) >= 11 is 0. The topological polar surface area (TPSA) is 61.5 Å². The second-order valence-corrected chi connectivity index (χ2v) is 6.15. The van der Waals surface area contributed by atoms with E-state index in [1.165, 1.54) is 12.1 Å². The fourth-order valence-electron chi connectivity index (χ4n) is 3.18. The molecule has 2 N–H and O–H groups in total. The van der Waals surface area contributed by atoms with Crippen molar-refractivity contribution < 1.29 is 14.6 Å². The van der Waals surface area contributed by atoms with Crippen LogP contribution in [-0.4, -0.2) is 39.2 Å². The van der Waals surface area contributed by atoms with Gasteiger partial charge in [0.05, 0.1) is 23.5 Å². The van der Waals surface area contributed by atoms with Gasteiger partial charge in [-0.15, -0.1) is 0 Å². The molecule has 6 heteroatoms. The van der Waals surface area contributed by atoms with Gasteiger partial charge in [-0.3, -0.25) is 0 Å². The van der Waals surface area contributed by atoms with Crippen molar-refractivity contribution in [2.45, 2.75) is 18.9 Å². The van der Waals surface area contributed by atoms with Crippen LogP contribution in [0.3, 0.4) is 0 Å². The van der Waals surface area contributed by atoms with E-state index in [2.05, 4.69) is 16.1 Å². The van der Waals surface area contributed by atoms with E-state index in [9.17, 15) is 14.6 Å².